The average Bonchev–Trinajstić information content (AvgIpc) is 2.93. The van der Waals surface area contributed by atoms with E-state index in [9.17, 15) is 13.2 Å². The molecule has 2 aliphatic rings. The summed E-state index contributed by atoms with van der Waals surface area (Å²) in [5, 5.41) is 0. The van der Waals surface area contributed by atoms with Crippen LogP contribution >= 0.6 is 0 Å². The van der Waals surface area contributed by atoms with E-state index in [0.29, 0.717) is 12.6 Å². The average molecular weight is 323 g/mol. The lowest BCUT2D eigenvalue weighted by Gasteiger charge is -2.41. The second-order valence-corrected chi connectivity index (χ2v) is 8.00. The van der Waals surface area contributed by atoms with E-state index in [4.69, 9.17) is 5.73 Å². The summed E-state index contributed by atoms with van der Waals surface area (Å²) in [6.07, 6.45) is 2.17. The number of nitrogens with two attached hydrogens (primary N) is 1. The normalized spacial score (nSPS) is 26.8. The quantitative estimate of drug-likeness (QED) is 0.885. The predicted octanol–water partition coefficient (Wildman–Crippen LogP) is 0.643. The zero-order valence-electron chi connectivity index (χ0n) is 12.6. The molecule has 3 rings (SSSR count). The van der Waals surface area contributed by atoms with Gasteiger partial charge in [0.1, 0.15) is 0 Å². The molecule has 1 aromatic rings. The Bertz CT molecular complexity index is 689. The maximum Gasteiger partial charge on any atom is 0.248 e. The number of carbonyl (C=O) groups is 1. The molecule has 0 bridgehead atoms. The number of amides is 1. The summed E-state index contributed by atoms with van der Waals surface area (Å²) in [6.45, 7) is 4.27. The van der Waals surface area contributed by atoms with Crippen LogP contribution in [0.25, 0.3) is 0 Å². The van der Waals surface area contributed by atoms with Crippen LogP contribution in [0.4, 0.5) is 0 Å². The van der Waals surface area contributed by atoms with Gasteiger partial charge in [-0.25, -0.2) is 8.42 Å². The standard InChI is InChI=1S/C15H21N3O3S/c1-11-9-17-7-3-5-13(17)10-18(11)22(20,21)14-6-2-4-12(8-14)15(16)19/h2,4,6,8,11,13H,3,5,7,9-10H2,1H3,(H2,16,19)/t11-,13+/m0/s1. The highest BCUT2D eigenvalue weighted by Crippen LogP contribution is 2.29. The number of hydrogen-bond donors (Lipinski definition) is 1. The number of sulfonamides is 1. The minimum atomic E-state index is -3.61. The second-order valence-electron chi connectivity index (χ2n) is 6.11. The topological polar surface area (TPSA) is 83.7 Å². The minimum Gasteiger partial charge on any atom is -0.366 e. The zero-order chi connectivity index (χ0) is 15.9. The number of rotatable bonds is 3. The van der Waals surface area contributed by atoms with Gasteiger partial charge in [-0.05, 0) is 44.5 Å². The second kappa shape index (κ2) is 5.64. The molecule has 0 spiro atoms. The minimum absolute atomic E-state index is 0.0726. The van der Waals surface area contributed by atoms with Gasteiger partial charge in [-0.1, -0.05) is 6.07 Å². The number of piperazine rings is 1. The van der Waals surface area contributed by atoms with E-state index >= 15 is 0 Å². The third-order valence-corrected chi connectivity index (χ3v) is 6.58. The molecule has 120 valence electrons. The van der Waals surface area contributed by atoms with Crippen LogP contribution in [-0.4, -0.2) is 55.2 Å². The fourth-order valence-electron chi connectivity index (χ4n) is 3.44. The Morgan fingerprint density at radius 3 is 2.82 bits per heavy atom. The Morgan fingerprint density at radius 1 is 1.32 bits per heavy atom. The molecule has 2 atom stereocenters. The van der Waals surface area contributed by atoms with E-state index in [-0.39, 0.29) is 16.5 Å². The monoisotopic (exact) mass is 323 g/mol. The Hall–Kier alpha value is -1.44. The first-order valence-corrected chi connectivity index (χ1v) is 8.99. The van der Waals surface area contributed by atoms with Crippen LogP contribution < -0.4 is 5.73 Å². The molecule has 0 aromatic heterocycles. The van der Waals surface area contributed by atoms with Crippen molar-refractivity contribution in [3.63, 3.8) is 0 Å². The fourth-order valence-corrected chi connectivity index (χ4v) is 5.15. The number of benzene rings is 1. The number of fused-ring (bicyclic) bond motifs is 1. The highest BCUT2D eigenvalue weighted by molar-refractivity contribution is 7.89. The van der Waals surface area contributed by atoms with Crippen LogP contribution in [0.3, 0.4) is 0 Å². The van der Waals surface area contributed by atoms with Crippen molar-refractivity contribution >= 4 is 15.9 Å². The van der Waals surface area contributed by atoms with Crippen LogP contribution in [0.2, 0.25) is 0 Å². The van der Waals surface area contributed by atoms with Crippen LogP contribution in [0, 0.1) is 0 Å². The van der Waals surface area contributed by atoms with Crippen molar-refractivity contribution in [3.8, 4) is 0 Å². The van der Waals surface area contributed by atoms with E-state index in [1.807, 2.05) is 6.92 Å². The molecular formula is C15H21N3O3S. The Kier molecular flexibility index (Phi) is 3.96. The fraction of sp³-hybridized carbons (Fsp3) is 0.533. The smallest absolute Gasteiger partial charge is 0.248 e. The van der Waals surface area contributed by atoms with Crippen molar-refractivity contribution in [2.24, 2.45) is 5.73 Å². The van der Waals surface area contributed by atoms with Crippen LogP contribution in [0.1, 0.15) is 30.1 Å². The molecule has 0 unspecified atom stereocenters. The molecule has 2 saturated heterocycles. The van der Waals surface area contributed by atoms with E-state index in [1.165, 1.54) is 18.2 Å². The van der Waals surface area contributed by atoms with E-state index in [1.54, 1.807) is 10.4 Å². The van der Waals surface area contributed by atoms with Crippen molar-refractivity contribution in [1.82, 2.24) is 9.21 Å². The Morgan fingerprint density at radius 2 is 2.09 bits per heavy atom. The molecule has 1 amide bonds. The van der Waals surface area contributed by atoms with Crippen molar-refractivity contribution in [3.05, 3.63) is 29.8 Å². The summed E-state index contributed by atoms with van der Waals surface area (Å²) in [4.78, 5) is 13.8. The molecule has 2 aliphatic heterocycles. The van der Waals surface area contributed by atoms with Crippen LogP contribution in [0.15, 0.2) is 29.2 Å². The van der Waals surface area contributed by atoms with Crippen LogP contribution in [-0.2, 0) is 10.0 Å². The van der Waals surface area contributed by atoms with Gasteiger partial charge in [0.2, 0.25) is 15.9 Å². The first kappa shape index (κ1) is 15.5. The summed E-state index contributed by atoms with van der Waals surface area (Å²) in [5.41, 5.74) is 5.46. The molecule has 0 aliphatic carbocycles. The Balaban J connectivity index is 1.92. The molecule has 2 heterocycles. The van der Waals surface area contributed by atoms with E-state index in [2.05, 4.69) is 4.90 Å². The summed E-state index contributed by atoms with van der Waals surface area (Å²) in [5.74, 6) is -0.620. The van der Waals surface area contributed by atoms with Gasteiger partial charge in [0.05, 0.1) is 4.90 Å². The van der Waals surface area contributed by atoms with Gasteiger partial charge >= 0.3 is 0 Å². The highest BCUT2D eigenvalue weighted by atomic mass is 32.2. The third kappa shape index (κ3) is 2.64. The molecular weight excluding hydrogens is 302 g/mol. The predicted molar refractivity (Wildman–Crippen MR) is 82.9 cm³/mol. The van der Waals surface area contributed by atoms with Crippen molar-refractivity contribution in [1.29, 1.82) is 0 Å². The summed E-state index contributed by atoms with van der Waals surface area (Å²) < 4.78 is 27.4. The lowest BCUT2D eigenvalue weighted by molar-refractivity contribution is 0.1000. The third-order valence-electron chi connectivity index (χ3n) is 4.61. The highest BCUT2D eigenvalue weighted by Gasteiger charge is 2.40. The molecule has 2 fully saturated rings. The van der Waals surface area contributed by atoms with Gasteiger partial charge in [-0.15, -0.1) is 0 Å². The van der Waals surface area contributed by atoms with Crippen molar-refractivity contribution < 1.29 is 13.2 Å². The number of primary amides is 1. The summed E-state index contributed by atoms with van der Waals surface area (Å²) in [6, 6.07) is 6.21. The summed E-state index contributed by atoms with van der Waals surface area (Å²) in [7, 11) is -3.61. The molecule has 22 heavy (non-hydrogen) atoms. The van der Waals surface area contributed by atoms with Crippen molar-refractivity contribution in [2.45, 2.75) is 36.7 Å². The van der Waals surface area contributed by atoms with Gasteiger partial charge in [0.25, 0.3) is 0 Å². The van der Waals surface area contributed by atoms with Gasteiger partial charge in [0.15, 0.2) is 0 Å². The number of nitrogens with zero attached hydrogens (tertiary/aromatic N) is 2. The number of hydrogen-bond acceptors (Lipinski definition) is 4. The van der Waals surface area contributed by atoms with E-state index < -0.39 is 15.9 Å². The lowest BCUT2D eigenvalue weighted by Crippen LogP contribution is -2.56. The van der Waals surface area contributed by atoms with Crippen molar-refractivity contribution in [2.75, 3.05) is 19.6 Å². The lowest BCUT2D eigenvalue weighted by atomic mass is 10.1. The van der Waals surface area contributed by atoms with Gasteiger partial charge in [-0.3, -0.25) is 9.69 Å². The Labute approximate surface area is 130 Å². The largest absolute Gasteiger partial charge is 0.366 e. The molecule has 7 heteroatoms. The molecule has 1 aromatic carbocycles. The number of carbonyl (C=O) groups excluding carboxylic acids is 1. The van der Waals surface area contributed by atoms with Gasteiger partial charge < -0.3 is 5.73 Å². The molecule has 0 radical (unpaired) electrons. The maximum atomic E-state index is 12.9. The first-order valence-electron chi connectivity index (χ1n) is 7.55. The first-order chi connectivity index (χ1) is 10.4. The van der Waals surface area contributed by atoms with Gasteiger partial charge in [-0.2, -0.15) is 4.31 Å². The molecule has 0 saturated carbocycles. The zero-order valence-corrected chi connectivity index (χ0v) is 13.4. The van der Waals surface area contributed by atoms with E-state index in [0.717, 1.165) is 25.9 Å². The molecule has 2 N–H and O–H groups in total. The summed E-state index contributed by atoms with van der Waals surface area (Å²) >= 11 is 0. The van der Waals surface area contributed by atoms with Crippen LogP contribution in [0.5, 0.6) is 0 Å². The maximum absolute atomic E-state index is 12.9. The SMILES string of the molecule is C[C@H]1CN2CCC[C@@H]2CN1S(=O)(=O)c1cccc(C(N)=O)c1. The molecule has 6 nitrogen and oxygen atoms in total. The van der Waals surface area contributed by atoms with Gasteiger partial charge in [0, 0.05) is 30.7 Å².